The van der Waals surface area contributed by atoms with Crippen LogP contribution in [0.1, 0.15) is 51.5 Å². The third kappa shape index (κ3) is 3.95. The summed E-state index contributed by atoms with van der Waals surface area (Å²) in [5, 5.41) is 13.4. The summed E-state index contributed by atoms with van der Waals surface area (Å²) in [4.78, 5) is 25.4. The SMILES string of the molecule is CC(CN(C)C(=O)[C@@H]1CCCO[C@H]1c1ccnn1C(C)C)C(=O)O. The van der Waals surface area contributed by atoms with Gasteiger partial charge in [-0.1, -0.05) is 6.92 Å². The number of nitrogens with zero attached hydrogens (tertiary/aromatic N) is 3. The van der Waals surface area contributed by atoms with Crippen LogP contribution in [0.5, 0.6) is 0 Å². The maximum Gasteiger partial charge on any atom is 0.308 e. The van der Waals surface area contributed by atoms with Crippen molar-refractivity contribution in [1.82, 2.24) is 14.7 Å². The number of carbonyl (C=O) groups excluding carboxylic acids is 1. The van der Waals surface area contributed by atoms with E-state index in [-0.39, 0.29) is 30.5 Å². The number of aliphatic carboxylic acids is 1. The Labute approximate surface area is 142 Å². The molecule has 1 N–H and O–H groups in total. The van der Waals surface area contributed by atoms with E-state index in [1.807, 2.05) is 24.6 Å². The Hall–Kier alpha value is -1.89. The maximum atomic E-state index is 12.9. The lowest BCUT2D eigenvalue weighted by Crippen LogP contribution is -2.42. The first-order valence-electron chi connectivity index (χ1n) is 8.45. The lowest BCUT2D eigenvalue weighted by Gasteiger charge is -2.34. The van der Waals surface area contributed by atoms with E-state index in [0.29, 0.717) is 6.61 Å². The van der Waals surface area contributed by atoms with Gasteiger partial charge in [0.25, 0.3) is 0 Å². The van der Waals surface area contributed by atoms with Crippen molar-refractivity contribution in [2.75, 3.05) is 20.2 Å². The number of carboxylic acid groups (broad SMARTS) is 1. The van der Waals surface area contributed by atoms with Crippen molar-refractivity contribution in [2.45, 2.75) is 45.8 Å². The van der Waals surface area contributed by atoms with Gasteiger partial charge in [0.2, 0.25) is 5.91 Å². The fraction of sp³-hybridized carbons (Fsp3) is 0.706. The summed E-state index contributed by atoms with van der Waals surface area (Å²) in [6, 6.07) is 2.08. The predicted octanol–water partition coefficient (Wildman–Crippen LogP) is 2.11. The molecule has 2 rings (SSSR count). The first-order valence-corrected chi connectivity index (χ1v) is 8.45. The summed E-state index contributed by atoms with van der Waals surface area (Å²) in [7, 11) is 1.66. The third-order valence-electron chi connectivity index (χ3n) is 4.47. The highest BCUT2D eigenvalue weighted by Crippen LogP contribution is 2.35. The first kappa shape index (κ1) is 18.4. The second-order valence-electron chi connectivity index (χ2n) is 6.79. The van der Waals surface area contributed by atoms with Crippen molar-refractivity contribution in [2.24, 2.45) is 11.8 Å². The van der Waals surface area contributed by atoms with E-state index in [1.165, 1.54) is 4.90 Å². The van der Waals surface area contributed by atoms with Crippen LogP contribution >= 0.6 is 0 Å². The van der Waals surface area contributed by atoms with Gasteiger partial charge in [-0.05, 0) is 32.8 Å². The van der Waals surface area contributed by atoms with Crippen LogP contribution in [0.15, 0.2) is 12.3 Å². The minimum absolute atomic E-state index is 0.0655. The zero-order valence-electron chi connectivity index (χ0n) is 14.8. The second kappa shape index (κ2) is 7.79. The molecule has 1 aromatic rings. The molecule has 24 heavy (non-hydrogen) atoms. The molecule has 0 aromatic carbocycles. The average molecular weight is 337 g/mol. The molecule has 0 saturated carbocycles. The molecule has 1 aliphatic heterocycles. The fourth-order valence-corrected chi connectivity index (χ4v) is 3.17. The minimum Gasteiger partial charge on any atom is -0.481 e. The van der Waals surface area contributed by atoms with Gasteiger partial charge in [0, 0.05) is 32.4 Å². The number of carbonyl (C=O) groups is 2. The Morgan fingerprint density at radius 2 is 2.17 bits per heavy atom. The molecular weight excluding hydrogens is 310 g/mol. The Morgan fingerprint density at radius 3 is 2.79 bits per heavy atom. The number of carboxylic acids is 1. The molecule has 7 nitrogen and oxygen atoms in total. The molecule has 0 bridgehead atoms. The molecule has 1 fully saturated rings. The van der Waals surface area contributed by atoms with Crippen LogP contribution in [0.2, 0.25) is 0 Å². The summed E-state index contributed by atoms with van der Waals surface area (Å²) in [5.74, 6) is -1.87. The van der Waals surface area contributed by atoms with Crippen LogP contribution in [0.3, 0.4) is 0 Å². The van der Waals surface area contributed by atoms with Gasteiger partial charge >= 0.3 is 5.97 Å². The molecule has 2 heterocycles. The normalized spacial score (nSPS) is 22.4. The van der Waals surface area contributed by atoms with E-state index in [0.717, 1.165) is 18.5 Å². The van der Waals surface area contributed by atoms with E-state index in [2.05, 4.69) is 5.10 Å². The van der Waals surface area contributed by atoms with Crippen molar-refractivity contribution in [3.05, 3.63) is 18.0 Å². The van der Waals surface area contributed by atoms with Gasteiger partial charge < -0.3 is 14.7 Å². The van der Waals surface area contributed by atoms with Gasteiger partial charge in [-0.25, -0.2) is 0 Å². The second-order valence-corrected chi connectivity index (χ2v) is 6.79. The molecule has 1 aromatic heterocycles. The van der Waals surface area contributed by atoms with Gasteiger partial charge in [0.15, 0.2) is 0 Å². The molecule has 0 radical (unpaired) electrons. The number of amides is 1. The molecule has 0 aliphatic carbocycles. The number of hydrogen-bond donors (Lipinski definition) is 1. The Kier molecular flexibility index (Phi) is 5.99. The van der Waals surface area contributed by atoms with Gasteiger partial charge in [-0.2, -0.15) is 5.10 Å². The molecule has 1 amide bonds. The van der Waals surface area contributed by atoms with E-state index < -0.39 is 11.9 Å². The molecule has 7 heteroatoms. The summed E-state index contributed by atoms with van der Waals surface area (Å²) in [6.07, 6.45) is 2.95. The quantitative estimate of drug-likeness (QED) is 0.859. The van der Waals surface area contributed by atoms with Gasteiger partial charge in [0.05, 0.1) is 17.5 Å². The third-order valence-corrected chi connectivity index (χ3v) is 4.47. The van der Waals surface area contributed by atoms with E-state index in [1.54, 1.807) is 20.2 Å². The molecule has 3 atom stereocenters. The standard InChI is InChI=1S/C17H27N3O4/c1-11(2)20-14(7-8-18-20)15-13(6-5-9-24-15)16(21)19(4)10-12(3)17(22)23/h7-8,11-13,15H,5-6,9-10H2,1-4H3,(H,22,23)/t12?,13-,15-/m1/s1. The zero-order chi connectivity index (χ0) is 17.9. The minimum atomic E-state index is -0.899. The van der Waals surface area contributed by atoms with Crippen LogP contribution in [-0.2, 0) is 14.3 Å². The lowest BCUT2D eigenvalue weighted by molar-refractivity contribution is -0.147. The number of aromatic nitrogens is 2. The van der Waals surface area contributed by atoms with Crippen LogP contribution in [0.25, 0.3) is 0 Å². The van der Waals surface area contributed by atoms with Crippen molar-refractivity contribution in [3.8, 4) is 0 Å². The predicted molar refractivity (Wildman–Crippen MR) is 88.5 cm³/mol. The molecule has 1 saturated heterocycles. The highest BCUT2D eigenvalue weighted by atomic mass is 16.5. The summed E-state index contributed by atoms with van der Waals surface area (Å²) in [6.45, 7) is 6.50. The molecule has 0 spiro atoms. The summed E-state index contributed by atoms with van der Waals surface area (Å²) < 4.78 is 7.81. The Bertz CT molecular complexity index is 584. The van der Waals surface area contributed by atoms with Crippen LogP contribution < -0.4 is 0 Å². The van der Waals surface area contributed by atoms with Crippen molar-refractivity contribution < 1.29 is 19.4 Å². The summed E-state index contributed by atoms with van der Waals surface area (Å²) >= 11 is 0. The summed E-state index contributed by atoms with van der Waals surface area (Å²) in [5.41, 5.74) is 0.905. The van der Waals surface area contributed by atoms with Crippen molar-refractivity contribution in [1.29, 1.82) is 0 Å². The number of hydrogen-bond acceptors (Lipinski definition) is 4. The van der Waals surface area contributed by atoms with Crippen LogP contribution in [0.4, 0.5) is 0 Å². The highest BCUT2D eigenvalue weighted by Gasteiger charge is 2.37. The van der Waals surface area contributed by atoms with Gasteiger partial charge in [-0.3, -0.25) is 14.3 Å². The highest BCUT2D eigenvalue weighted by molar-refractivity contribution is 5.80. The number of rotatable bonds is 6. The molecular formula is C17H27N3O4. The van der Waals surface area contributed by atoms with Crippen molar-refractivity contribution in [3.63, 3.8) is 0 Å². The van der Waals surface area contributed by atoms with Gasteiger partial charge in [-0.15, -0.1) is 0 Å². The van der Waals surface area contributed by atoms with Gasteiger partial charge in [0.1, 0.15) is 6.10 Å². The Balaban J connectivity index is 2.18. The van der Waals surface area contributed by atoms with Crippen LogP contribution in [-0.4, -0.2) is 51.9 Å². The average Bonchev–Trinajstić information content (AvgIpc) is 3.03. The zero-order valence-corrected chi connectivity index (χ0v) is 14.8. The fourth-order valence-electron chi connectivity index (χ4n) is 3.17. The first-order chi connectivity index (χ1) is 11.3. The monoisotopic (exact) mass is 337 g/mol. The lowest BCUT2D eigenvalue weighted by atomic mass is 9.90. The molecule has 1 aliphatic rings. The molecule has 134 valence electrons. The largest absolute Gasteiger partial charge is 0.481 e. The van der Waals surface area contributed by atoms with Crippen molar-refractivity contribution >= 4 is 11.9 Å². The van der Waals surface area contributed by atoms with Crippen LogP contribution in [0, 0.1) is 11.8 Å². The number of ether oxygens (including phenoxy) is 1. The molecule has 1 unspecified atom stereocenters. The Morgan fingerprint density at radius 1 is 1.46 bits per heavy atom. The maximum absolute atomic E-state index is 12.9. The topological polar surface area (TPSA) is 84.7 Å². The van der Waals surface area contributed by atoms with E-state index in [4.69, 9.17) is 9.84 Å². The van der Waals surface area contributed by atoms with E-state index >= 15 is 0 Å². The van der Waals surface area contributed by atoms with E-state index in [9.17, 15) is 9.59 Å². The smallest absolute Gasteiger partial charge is 0.308 e.